The minimum Gasteiger partial charge on any atom is -0.350 e. The molecule has 1 aromatic rings. The Labute approximate surface area is 100 Å². The molecular formula is C13H16N2O2. The molecule has 0 bridgehead atoms. The van der Waals surface area contributed by atoms with Crippen molar-refractivity contribution in [3.8, 4) is 0 Å². The Morgan fingerprint density at radius 2 is 2.18 bits per heavy atom. The van der Waals surface area contributed by atoms with Crippen LogP contribution in [0.25, 0.3) is 6.08 Å². The van der Waals surface area contributed by atoms with Gasteiger partial charge in [-0.15, -0.1) is 0 Å². The fraction of sp³-hybridized carbons (Fsp3) is 0.308. The van der Waals surface area contributed by atoms with Gasteiger partial charge in [-0.2, -0.15) is 0 Å². The van der Waals surface area contributed by atoms with Crippen molar-refractivity contribution >= 4 is 12.1 Å². The van der Waals surface area contributed by atoms with E-state index in [0.29, 0.717) is 23.4 Å². The number of hydroxylamine groups is 2. The van der Waals surface area contributed by atoms with E-state index in [9.17, 15) is 10.0 Å². The summed E-state index contributed by atoms with van der Waals surface area (Å²) in [5.41, 5.74) is 6.10. The highest BCUT2D eigenvalue weighted by atomic mass is 16.5. The Hall–Kier alpha value is -1.81. The van der Waals surface area contributed by atoms with E-state index >= 15 is 0 Å². The minimum atomic E-state index is -0.789. The number of hydrogen-bond acceptors (Lipinski definition) is 2. The highest BCUT2D eigenvalue weighted by Gasteiger charge is 2.36. The predicted octanol–water partition coefficient (Wildman–Crippen LogP) is 2.11. The number of carbonyl (C=O) groups is 1. The van der Waals surface area contributed by atoms with Crippen LogP contribution in [0.15, 0.2) is 36.4 Å². The van der Waals surface area contributed by atoms with Crippen LogP contribution in [-0.4, -0.2) is 22.8 Å². The molecule has 0 spiro atoms. The SMILES string of the molecule is NC(=O)N(O)CC1CC1/C=C/c1ccccc1. The van der Waals surface area contributed by atoms with Crippen molar-refractivity contribution in [2.45, 2.75) is 6.42 Å². The maximum atomic E-state index is 10.6. The van der Waals surface area contributed by atoms with Crippen LogP contribution in [0.2, 0.25) is 0 Å². The number of hydrogen-bond donors (Lipinski definition) is 2. The normalized spacial score (nSPS) is 22.6. The number of benzene rings is 1. The van der Waals surface area contributed by atoms with Gasteiger partial charge in [0.25, 0.3) is 0 Å². The summed E-state index contributed by atoms with van der Waals surface area (Å²) in [4.78, 5) is 10.6. The van der Waals surface area contributed by atoms with Crippen LogP contribution >= 0.6 is 0 Å². The fourth-order valence-electron chi connectivity index (χ4n) is 1.83. The summed E-state index contributed by atoms with van der Waals surface area (Å²) in [6.45, 7) is 0.319. The van der Waals surface area contributed by atoms with Crippen LogP contribution in [0, 0.1) is 11.8 Å². The van der Waals surface area contributed by atoms with Gasteiger partial charge in [0.1, 0.15) is 0 Å². The van der Waals surface area contributed by atoms with Gasteiger partial charge in [-0.25, -0.2) is 9.86 Å². The third-order valence-corrected chi connectivity index (χ3v) is 2.97. The molecule has 1 aliphatic carbocycles. The Morgan fingerprint density at radius 3 is 2.82 bits per heavy atom. The average Bonchev–Trinajstić information content (AvgIpc) is 3.06. The summed E-state index contributed by atoms with van der Waals surface area (Å²) >= 11 is 0. The zero-order valence-electron chi connectivity index (χ0n) is 9.49. The third-order valence-electron chi connectivity index (χ3n) is 2.97. The lowest BCUT2D eigenvalue weighted by molar-refractivity contribution is -0.0434. The summed E-state index contributed by atoms with van der Waals surface area (Å²) in [5, 5.41) is 9.76. The number of primary amides is 1. The van der Waals surface area contributed by atoms with Crippen molar-refractivity contribution in [2.75, 3.05) is 6.54 Å². The summed E-state index contributed by atoms with van der Waals surface area (Å²) in [6.07, 6.45) is 5.18. The fourth-order valence-corrected chi connectivity index (χ4v) is 1.83. The van der Waals surface area contributed by atoms with E-state index in [1.807, 2.05) is 30.3 Å². The molecular weight excluding hydrogens is 216 g/mol. The molecule has 1 fully saturated rings. The van der Waals surface area contributed by atoms with Crippen LogP contribution in [0.5, 0.6) is 0 Å². The zero-order valence-corrected chi connectivity index (χ0v) is 9.49. The summed E-state index contributed by atoms with van der Waals surface area (Å²) in [7, 11) is 0. The van der Waals surface area contributed by atoms with E-state index < -0.39 is 6.03 Å². The van der Waals surface area contributed by atoms with Crippen LogP contribution in [0.3, 0.4) is 0 Å². The third kappa shape index (κ3) is 3.32. The van der Waals surface area contributed by atoms with Crippen LogP contribution in [-0.2, 0) is 0 Å². The van der Waals surface area contributed by atoms with Gasteiger partial charge in [0, 0.05) is 0 Å². The van der Waals surface area contributed by atoms with Gasteiger partial charge in [-0.3, -0.25) is 5.21 Å². The predicted molar refractivity (Wildman–Crippen MR) is 65.1 cm³/mol. The Bertz CT molecular complexity index is 417. The lowest BCUT2D eigenvalue weighted by Gasteiger charge is -2.10. The highest BCUT2D eigenvalue weighted by molar-refractivity contribution is 5.70. The van der Waals surface area contributed by atoms with E-state index in [1.165, 1.54) is 0 Å². The molecule has 0 heterocycles. The monoisotopic (exact) mass is 232 g/mol. The molecule has 3 N–H and O–H groups in total. The highest BCUT2D eigenvalue weighted by Crippen LogP contribution is 2.40. The molecule has 2 unspecified atom stereocenters. The first-order valence-corrected chi connectivity index (χ1v) is 5.66. The second kappa shape index (κ2) is 5.01. The maximum Gasteiger partial charge on any atom is 0.338 e. The molecule has 0 aliphatic heterocycles. The zero-order chi connectivity index (χ0) is 12.3. The molecule has 1 aromatic carbocycles. The van der Waals surface area contributed by atoms with Gasteiger partial charge in [-0.1, -0.05) is 42.5 Å². The van der Waals surface area contributed by atoms with Crippen molar-refractivity contribution in [2.24, 2.45) is 17.6 Å². The van der Waals surface area contributed by atoms with E-state index in [0.717, 1.165) is 12.0 Å². The molecule has 0 aromatic heterocycles. The van der Waals surface area contributed by atoms with Crippen LogP contribution in [0.1, 0.15) is 12.0 Å². The van der Waals surface area contributed by atoms with Gasteiger partial charge in [-0.05, 0) is 23.8 Å². The first-order chi connectivity index (χ1) is 8.16. The number of allylic oxidation sites excluding steroid dienone is 1. The van der Waals surface area contributed by atoms with Crippen molar-refractivity contribution in [3.05, 3.63) is 42.0 Å². The number of urea groups is 1. The molecule has 2 rings (SSSR count). The first kappa shape index (κ1) is 11.7. The van der Waals surface area contributed by atoms with Crippen molar-refractivity contribution < 1.29 is 10.0 Å². The number of nitrogens with two attached hydrogens (primary N) is 1. The number of rotatable bonds is 4. The average molecular weight is 232 g/mol. The van der Waals surface area contributed by atoms with Gasteiger partial charge in [0.15, 0.2) is 0 Å². The Morgan fingerprint density at radius 1 is 1.47 bits per heavy atom. The summed E-state index contributed by atoms with van der Waals surface area (Å²) in [6, 6.07) is 9.25. The quantitative estimate of drug-likeness (QED) is 0.616. The molecule has 2 amide bonds. The van der Waals surface area contributed by atoms with Gasteiger partial charge >= 0.3 is 6.03 Å². The minimum absolute atomic E-state index is 0.319. The number of amides is 2. The first-order valence-electron chi connectivity index (χ1n) is 5.66. The van der Waals surface area contributed by atoms with Crippen molar-refractivity contribution in [1.29, 1.82) is 0 Å². The Kier molecular flexibility index (Phi) is 3.44. The van der Waals surface area contributed by atoms with E-state index in [1.54, 1.807) is 0 Å². The molecule has 4 heteroatoms. The smallest absolute Gasteiger partial charge is 0.338 e. The lowest BCUT2D eigenvalue weighted by Crippen LogP contribution is -2.34. The van der Waals surface area contributed by atoms with Gasteiger partial charge in [0.2, 0.25) is 0 Å². The van der Waals surface area contributed by atoms with Crippen molar-refractivity contribution in [3.63, 3.8) is 0 Å². The van der Waals surface area contributed by atoms with Crippen LogP contribution < -0.4 is 5.73 Å². The van der Waals surface area contributed by atoms with Crippen LogP contribution in [0.4, 0.5) is 4.79 Å². The molecule has 1 saturated carbocycles. The standard InChI is InChI=1S/C13H16N2O2/c14-13(16)15(17)9-12-8-11(12)7-6-10-4-2-1-3-5-10/h1-7,11-12,17H,8-9H2,(H2,14,16)/b7-6+. The lowest BCUT2D eigenvalue weighted by atomic mass is 10.2. The molecule has 4 nitrogen and oxygen atoms in total. The molecule has 90 valence electrons. The van der Waals surface area contributed by atoms with E-state index in [2.05, 4.69) is 12.2 Å². The van der Waals surface area contributed by atoms with Gasteiger partial charge < -0.3 is 5.73 Å². The van der Waals surface area contributed by atoms with Crippen molar-refractivity contribution in [1.82, 2.24) is 5.06 Å². The molecule has 1 aliphatic rings. The van der Waals surface area contributed by atoms with E-state index in [-0.39, 0.29) is 0 Å². The summed E-state index contributed by atoms with van der Waals surface area (Å²) in [5.74, 6) is 0.761. The number of carbonyl (C=O) groups excluding carboxylic acids is 1. The maximum absolute atomic E-state index is 10.6. The topological polar surface area (TPSA) is 66.6 Å². The second-order valence-corrected chi connectivity index (χ2v) is 4.35. The number of nitrogens with zero attached hydrogens (tertiary/aromatic N) is 1. The van der Waals surface area contributed by atoms with E-state index in [4.69, 9.17) is 5.73 Å². The molecule has 2 atom stereocenters. The molecule has 0 radical (unpaired) electrons. The second-order valence-electron chi connectivity index (χ2n) is 4.35. The Balaban J connectivity index is 1.80. The summed E-state index contributed by atoms with van der Waals surface area (Å²) < 4.78 is 0. The van der Waals surface area contributed by atoms with Gasteiger partial charge in [0.05, 0.1) is 6.54 Å². The molecule has 0 saturated heterocycles. The molecule has 17 heavy (non-hydrogen) atoms. The largest absolute Gasteiger partial charge is 0.350 e.